The van der Waals surface area contributed by atoms with E-state index in [1.807, 2.05) is 6.26 Å². The van der Waals surface area contributed by atoms with Crippen molar-refractivity contribution in [3.05, 3.63) is 29.8 Å². The van der Waals surface area contributed by atoms with Crippen molar-refractivity contribution >= 4 is 35.5 Å². The van der Waals surface area contributed by atoms with E-state index in [4.69, 9.17) is 15.9 Å². The van der Waals surface area contributed by atoms with Crippen LogP contribution in [0.3, 0.4) is 0 Å². The number of carbonyl (C=O) groups excluding carboxylic acids is 3. The number of amides is 3. The summed E-state index contributed by atoms with van der Waals surface area (Å²) in [7, 11) is 0. The van der Waals surface area contributed by atoms with Gasteiger partial charge in [-0.25, -0.2) is 0 Å². The molecular weight excluding hydrogens is 440 g/mol. The van der Waals surface area contributed by atoms with Crippen molar-refractivity contribution in [2.45, 2.75) is 43.9 Å². The van der Waals surface area contributed by atoms with E-state index >= 15 is 0 Å². The molecule has 0 saturated carbocycles. The maximum absolute atomic E-state index is 12.9. The molecule has 0 aliphatic rings. The minimum atomic E-state index is -1.24. The first-order valence-electron chi connectivity index (χ1n) is 9.86. The van der Waals surface area contributed by atoms with Crippen LogP contribution in [0.15, 0.2) is 24.3 Å². The van der Waals surface area contributed by atoms with Crippen LogP contribution in [-0.4, -0.2) is 81.8 Å². The molecule has 0 aliphatic carbocycles. The SMILES string of the molecule is CSCCC(NC(=O)C(N)CO)C(=O)NC(Cc1ccc(O)cc1)C(=O)NC(C)C(=O)O. The lowest BCUT2D eigenvalue weighted by molar-refractivity contribution is -0.141. The van der Waals surface area contributed by atoms with Gasteiger partial charge in [0.15, 0.2) is 0 Å². The zero-order chi connectivity index (χ0) is 24.3. The highest BCUT2D eigenvalue weighted by atomic mass is 32.2. The number of hydrogen-bond donors (Lipinski definition) is 7. The van der Waals surface area contributed by atoms with Gasteiger partial charge in [-0.3, -0.25) is 19.2 Å². The summed E-state index contributed by atoms with van der Waals surface area (Å²) in [4.78, 5) is 48.8. The van der Waals surface area contributed by atoms with Crippen LogP contribution in [0.25, 0.3) is 0 Å². The largest absolute Gasteiger partial charge is 0.508 e. The van der Waals surface area contributed by atoms with Crippen molar-refractivity contribution in [1.29, 1.82) is 0 Å². The fraction of sp³-hybridized carbons (Fsp3) is 0.500. The molecule has 0 heterocycles. The Morgan fingerprint density at radius 2 is 1.56 bits per heavy atom. The van der Waals surface area contributed by atoms with Gasteiger partial charge >= 0.3 is 5.97 Å². The Morgan fingerprint density at radius 3 is 2.09 bits per heavy atom. The number of carbonyl (C=O) groups is 4. The summed E-state index contributed by atoms with van der Waals surface area (Å²) < 4.78 is 0. The third-order valence-corrected chi connectivity index (χ3v) is 5.16. The van der Waals surface area contributed by atoms with Gasteiger partial charge in [0, 0.05) is 6.42 Å². The summed E-state index contributed by atoms with van der Waals surface area (Å²) in [5.41, 5.74) is 6.11. The number of thioether (sulfide) groups is 1. The number of rotatable bonds is 13. The maximum Gasteiger partial charge on any atom is 0.325 e. The number of nitrogens with one attached hydrogen (secondary N) is 3. The molecule has 178 valence electrons. The number of hydrogen-bond acceptors (Lipinski definition) is 8. The van der Waals surface area contributed by atoms with Gasteiger partial charge in [-0.2, -0.15) is 11.8 Å². The Balaban J connectivity index is 3.04. The van der Waals surface area contributed by atoms with E-state index in [0.717, 1.165) is 0 Å². The standard InChI is InChI=1S/C20H30N4O7S/c1-11(20(30)31)22-19(29)16(9-12-3-5-13(26)6-4-12)24-18(28)15(7-8-32-2)23-17(27)14(21)10-25/h3-6,11,14-16,25-26H,7-10,21H2,1-2H3,(H,22,29)(H,23,27)(H,24,28)(H,30,31). The molecule has 11 nitrogen and oxygen atoms in total. The highest BCUT2D eigenvalue weighted by molar-refractivity contribution is 7.98. The van der Waals surface area contributed by atoms with Crippen LogP contribution in [0.1, 0.15) is 18.9 Å². The van der Waals surface area contributed by atoms with Crippen LogP contribution in [0, 0.1) is 0 Å². The molecule has 1 aromatic rings. The van der Waals surface area contributed by atoms with Crippen molar-refractivity contribution in [2.24, 2.45) is 5.73 Å². The maximum atomic E-state index is 12.9. The summed E-state index contributed by atoms with van der Waals surface area (Å²) in [6.07, 6.45) is 2.09. The zero-order valence-corrected chi connectivity index (χ0v) is 18.7. The third-order valence-electron chi connectivity index (χ3n) is 4.52. The Kier molecular flexibility index (Phi) is 11.5. The number of aliphatic carboxylic acids is 1. The second-order valence-electron chi connectivity index (χ2n) is 7.13. The first-order chi connectivity index (χ1) is 15.1. The number of benzene rings is 1. The van der Waals surface area contributed by atoms with Crippen LogP contribution >= 0.6 is 11.8 Å². The fourth-order valence-electron chi connectivity index (χ4n) is 2.59. The van der Waals surface area contributed by atoms with Crippen LogP contribution in [-0.2, 0) is 25.6 Å². The average Bonchev–Trinajstić information content (AvgIpc) is 2.76. The Labute approximate surface area is 190 Å². The van der Waals surface area contributed by atoms with Gasteiger partial charge in [-0.15, -0.1) is 0 Å². The van der Waals surface area contributed by atoms with Gasteiger partial charge in [0.05, 0.1) is 6.61 Å². The van der Waals surface area contributed by atoms with E-state index < -0.39 is 54.5 Å². The van der Waals surface area contributed by atoms with Crippen molar-refractivity contribution in [1.82, 2.24) is 16.0 Å². The number of nitrogens with two attached hydrogens (primary N) is 1. The molecule has 0 fully saturated rings. The van der Waals surface area contributed by atoms with Crippen LogP contribution in [0.4, 0.5) is 0 Å². The van der Waals surface area contributed by atoms with Crippen molar-refractivity contribution in [3.8, 4) is 5.75 Å². The second kappa shape index (κ2) is 13.6. The predicted octanol–water partition coefficient (Wildman–Crippen LogP) is -1.43. The molecule has 32 heavy (non-hydrogen) atoms. The number of aromatic hydroxyl groups is 1. The summed E-state index contributed by atoms with van der Waals surface area (Å²) in [6.45, 7) is 0.694. The second-order valence-corrected chi connectivity index (χ2v) is 8.12. The minimum Gasteiger partial charge on any atom is -0.508 e. The quantitative estimate of drug-likeness (QED) is 0.181. The molecule has 0 bridgehead atoms. The van der Waals surface area contributed by atoms with Gasteiger partial charge < -0.3 is 37.0 Å². The molecular formula is C20H30N4O7S. The molecule has 0 aromatic heterocycles. The first kappa shape index (κ1) is 27.2. The lowest BCUT2D eigenvalue weighted by atomic mass is 10.0. The van der Waals surface area contributed by atoms with Crippen molar-refractivity contribution in [2.75, 3.05) is 18.6 Å². The van der Waals surface area contributed by atoms with E-state index in [0.29, 0.717) is 11.3 Å². The van der Waals surface area contributed by atoms with Gasteiger partial charge in [0.2, 0.25) is 17.7 Å². The van der Waals surface area contributed by atoms with E-state index in [1.54, 1.807) is 12.1 Å². The molecule has 0 aliphatic heterocycles. The summed E-state index contributed by atoms with van der Waals surface area (Å²) in [5, 5.41) is 34.9. The third kappa shape index (κ3) is 9.12. The Hall–Kier alpha value is -2.83. The molecule has 0 saturated heterocycles. The molecule has 4 unspecified atom stereocenters. The molecule has 1 aromatic carbocycles. The van der Waals surface area contributed by atoms with Crippen LogP contribution < -0.4 is 21.7 Å². The molecule has 3 amide bonds. The van der Waals surface area contributed by atoms with Crippen LogP contribution in [0.2, 0.25) is 0 Å². The highest BCUT2D eigenvalue weighted by Crippen LogP contribution is 2.12. The number of phenolic OH excluding ortho intramolecular Hbond substituents is 1. The number of carboxylic acid groups (broad SMARTS) is 1. The van der Waals surface area contributed by atoms with Gasteiger partial charge in [-0.1, -0.05) is 12.1 Å². The normalized spacial score (nSPS) is 14.5. The van der Waals surface area contributed by atoms with Crippen molar-refractivity contribution in [3.63, 3.8) is 0 Å². The van der Waals surface area contributed by atoms with Gasteiger partial charge in [0.25, 0.3) is 0 Å². The topological polar surface area (TPSA) is 191 Å². The lowest BCUT2D eigenvalue weighted by Gasteiger charge is -2.24. The number of carboxylic acids is 1. The van der Waals surface area contributed by atoms with E-state index in [2.05, 4.69) is 16.0 Å². The molecule has 12 heteroatoms. The molecule has 0 spiro atoms. The number of aliphatic hydroxyl groups excluding tert-OH is 1. The molecule has 4 atom stereocenters. The van der Waals surface area contributed by atoms with Gasteiger partial charge in [0.1, 0.15) is 29.9 Å². The Bertz CT molecular complexity index is 791. The van der Waals surface area contributed by atoms with E-state index in [1.165, 1.54) is 30.8 Å². The summed E-state index contributed by atoms with van der Waals surface area (Å²) in [6, 6.07) is 1.43. The van der Waals surface area contributed by atoms with Crippen molar-refractivity contribution < 1.29 is 34.5 Å². The monoisotopic (exact) mass is 470 g/mol. The number of phenols is 1. The average molecular weight is 471 g/mol. The fourth-order valence-corrected chi connectivity index (χ4v) is 3.06. The molecule has 1 rings (SSSR count). The van der Waals surface area contributed by atoms with Gasteiger partial charge in [-0.05, 0) is 43.0 Å². The Morgan fingerprint density at radius 1 is 1.00 bits per heavy atom. The smallest absolute Gasteiger partial charge is 0.325 e. The molecule has 8 N–H and O–H groups in total. The first-order valence-corrected chi connectivity index (χ1v) is 11.3. The molecule has 0 radical (unpaired) electrons. The highest BCUT2D eigenvalue weighted by Gasteiger charge is 2.29. The van der Waals surface area contributed by atoms with E-state index in [-0.39, 0.29) is 18.6 Å². The van der Waals surface area contributed by atoms with E-state index in [9.17, 15) is 24.3 Å². The van der Waals surface area contributed by atoms with Crippen LogP contribution in [0.5, 0.6) is 5.75 Å². The number of aliphatic hydroxyl groups is 1. The summed E-state index contributed by atoms with van der Waals surface area (Å²) >= 11 is 1.45. The summed E-state index contributed by atoms with van der Waals surface area (Å²) in [5.74, 6) is -2.78. The minimum absolute atomic E-state index is 0.0174. The predicted molar refractivity (Wildman–Crippen MR) is 119 cm³/mol. The zero-order valence-electron chi connectivity index (χ0n) is 17.9. The lowest BCUT2D eigenvalue weighted by Crippen LogP contribution is -2.57.